The van der Waals surface area contributed by atoms with Crippen molar-refractivity contribution in [3.8, 4) is 0 Å². The summed E-state index contributed by atoms with van der Waals surface area (Å²) < 4.78 is 5.49. The van der Waals surface area contributed by atoms with E-state index in [0.29, 0.717) is 0 Å². The van der Waals surface area contributed by atoms with Gasteiger partial charge in [0.25, 0.3) is 0 Å². The first-order valence-electron chi connectivity index (χ1n) is 9.37. The van der Waals surface area contributed by atoms with Crippen LogP contribution in [0.15, 0.2) is 0 Å². The number of carbonyl (C=O) groups is 2. The Balaban J connectivity index is -0.00000242. The molecule has 6 heteroatoms. The first-order chi connectivity index (χ1) is 10.9. The second-order valence-electron chi connectivity index (χ2n) is 6.82. The number of hydrogen-bond donors (Lipinski definition) is 1. The summed E-state index contributed by atoms with van der Waals surface area (Å²) >= 11 is 0. The second-order valence-corrected chi connectivity index (χ2v) is 6.82. The quantitative estimate of drug-likeness (QED) is 0.201. The fraction of sp³-hybridized carbons (Fsp3) is 0.895. The number of esters is 1. The van der Waals surface area contributed by atoms with Gasteiger partial charge in [-0.15, -0.1) is 0 Å². The number of carboxylic acids is 1. The molecule has 0 heterocycles. The molecule has 0 spiro atoms. The van der Waals surface area contributed by atoms with E-state index in [9.17, 15) is 9.59 Å². The summed E-state index contributed by atoms with van der Waals surface area (Å²) in [5.74, 6) is -1.74. The second kappa shape index (κ2) is 19.9. The van der Waals surface area contributed by atoms with Crippen LogP contribution in [0.25, 0.3) is 0 Å². The molecule has 1 atom stereocenters. The van der Waals surface area contributed by atoms with E-state index < -0.39 is 24.0 Å². The molecule has 0 aromatic heterocycles. The molecule has 0 radical (unpaired) electrons. The first kappa shape index (κ1) is 30.9. The molecule has 4 nitrogen and oxygen atoms in total. The number of aliphatic carboxylic acids is 1. The van der Waals surface area contributed by atoms with Crippen molar-refractivity contribution in [3.05, 3.63) is 0 Å². The Kier molecular flexibility index (Phi) is 24.6. The van der Waals surface area contributed by atoms with Crippen LogP contribution in [0.5, 0.6) is 0 Å². The van der Waals surface area contributed by atoms with Crippen molar-refractivity contribution in [2.24, 2.45) is 0 Å². The fourth-order valence-electron chi connectivity index (χ4n) is 2.84. The van der Waals surface area contributed by atoms with Gasteiger partial charge in [0.2, 0.25) is 0 Å². The maximum absolute atomic E-state index is 11.7. The number of hydrogen-bond acceptors (Lipinski definition) is 3. The molecule has 140 valence electrons. The molecule has 0 fully saturated rings. The first-order valence-corrected chi connectivity index (χ1v) is 9.37. The Morgan fingerprint density at radius 2 is 1.28 bits per heavy atom. The van der Waals surface area contributed by atoms with Gasteiger partial charge in [-0.2, -0.15) is 0 Å². The fourth-order valence-corrected chi connectivity index (χ4v) is 2.84. The third-order valence-corrected chi connectivity index (χ3v) is 4.27. The van der Waals surface area contributed by atoms with Crippen molar-refractivity contribution in [1.29, 1.82) is 0 Å². The molecule has 0 aliphatic carbocycles. The predicted octanol–water partition coefficient (Wildman–Crippen LogP) is 4.19. The van der Waals surface area contributed by atoms with Gasteiger partial charge >= 0.3 is 82.2 Å². The summed E-state index contributed by atoms with van der Waals surface area (Å²) in [5, 5.41) is 8.69. The molecule has 0 rings (SSSR count). The standard InChI is InChI=1S/C19H36O4.K.Li.2H/c1-4-6-8-9-10-11-12-13-15-19(3,14-7-5-2)23-18(22)16-17(20)21;;;;/h4-16H2,1-3H3,(H,20,21);;;;. The molecule has 0 amide bonds. The van der Waals surface area contributed by atoms with E-state index in [1.807, 2.05) is 6.92 Å². The maximum atomic E-state index is 11.7. The summed E-state index contributed by atoms with van der Waals surface area (Å²) in [5.41, 5.74) is -0.509. The summed E-state index contributed by atoms with van der Waals surface area (Å²) in [6.07, 6.45) is 13.1. The summed E-state index contributed by atoms with van der Waals surface area (Å²) in [6.45, 7) is 6.28. The Labute approximate surface area is 209 Å². The molecule has 1 unspecified atom stereocenters. The van der Waals surface area contributed by atoms with Crippen LogP contribution in [-0.2, 0) is 14.3 Å². The van der Waals surface area contributed by atoms with Gasteiger partial charge in [0.1, 0.15) is 12.0 Å². The van der Waals surface area contributed by atoms with E-state index in [1.54, 1.807) is 0 Å². The van der Waals surface area contributed by atoms with Crippen LogP contribution < -0.4 is 0 Å². The number of rotatable bonds is 15. The minimum absolute atomic E-state index is 0. The van der Waals surface area contributed by atoms with Gasteiger partial charge in [-0.05, 0) is 32.6 Å². The Bertz CT molecular complexity index is 339. The zero-order chi connectivity index (χ0) is 17.6. The summed E-state index contributed by atoms with van der Waals surface area (Å²) in [4.78, 5) is 22.3. The van der Waals surface area contributed by atoms with Gasteiger partial charge in [-0.3, -0.25) is 9.59 Å². The zero-order valence-electron chi connectivity index (χ0n) is 15.4. The van der Waals surface area contributed by atoms with E-state index >= 15 is 0 Å². The van der Waals surface area contributed by atoms with E-state index in [1.165, 1.54) is 38.5 Å². The Hall–Kier alpha value is 1.17. The van der Waals surface area contributed by atoms with Crippen LogP contribution in [0.4, 0.5) is 0 Å². The van der Waals surface area contributed by atoms with Crippen LogP contribution in [0, 0.1) is 0 Å². The van der Waals surface area contributed by atoms with Gasteiger partial charge in [-0.25, -0.2) is 0 Å². The molecule has 25 heavy (non-hydrogen) atoms. The summed E-state index contributed by atoms with van der Waals surface area (Å²) in [7, 11) is 0. The van der Waals surface area contributed by atoms with Gasteiger partial charge in [0.15, 0.2) is 0 Å². The van der Waals surface area contributed by atoms with Crippen molar-refractivity contribution in [1.82, 2.24) is 0 Å². The van der Waals surface area contributed by atoms with Crippen LogP contribution in [-0.4, -0.2) is 92.9 Å². The number of carbonyl (C=O) groups excluding carboxylic acids is 1. The van der Waals surface area contributed by atoms with Crippen LogP contribution in [0.1, 0.15) is 104 Å². The van der Waals surface area contributed by atoms with E-state index in [0.717, 1.165) is 38.5 Å². The third-order valence-electron chi connectivity index (χ3n) is 4.27. The van der Waals surface area contributed by atoms with Crippen molar-refractivity contribution in [2.45, 2.75) is 110 Å². The third kappa shape index (κ3) is 19.7. The molecule has 0 aliphatic heterocycles. The van der Waals surface area contributed by atoms with Crippen molar-refractivity contribution in [2.75, 3.05) is 0 Å². The van der Waals surface area contributed by atoms with Crippen molar-refractivity contribution >= 4 is 82.2 Å². The zero-order valence-corrected chi connectivity index (χ0v) is 15.4. The van der Waals surface area contributed by atoms with Crippen molar-refractivity contribution < 1.29 is 19.4 Å². The average Bonchev–Trinajstić information content (AvgIpc) is 2.47. The molecular formula is C19H38KLiO4. The monoisotopic (exact) mass is 376 g/mol. The Morgan fingerprint density at radius 1 is 0.840 bits per heavy atom. The normalized spacial score (nSPS) is 12.4. The number of ether oxygens (including phenoxy) is 1. The van der Waals surface area contributed by atoms with Gasteiger partial charge in [-0.1, -0.05) is 65.2 Å². The minimum atomic E-state index is -1.13. The Morgan fingerprint density at radius 3 is 1.76 bits per heavy atom. The predicted molar refractivity (Wildman–Crippen MR) is 108 cm³/mol. The molecular weight excluding hydrogens is 338 g/mol. The van der Waals surface area contributed by atoms with Gasteiger partial charge in [0.05, 0.1) is 0 Å². The molecule has 0 aromatic rings. The molecule has 0 saturated heterocycles. The van der Waals surface area contributed by atoms with Crippen LogP contribution in [0.2, 0.25) is 0 Å². The van der Waals surface area contributed by atoms with Gasteiger partial charge < -0.3 is 9.84 Å². The van der Waals surface area contributed by atoms with E-state index in [-0.39, 0.29) is 70.2 Å². The topological polar surface area (TPSA) is 63.6 Å². The van der Waals surface area contributed by atoms with Crippen LogP contribution in [0.3, 0.4) is 0 Å². The SMILES string of the molecule is CCCCCCCCCCC(C)(CCCC)OC(=O)CC(=O)O.[KH].[LiH]. The van der Waals surface area contributed by atoms with Crippen molar-refractivity contribution in [3.63, 3.8) is 0 Å². The van der Waals surface area contributed by atoms with Crippen LogP contribution >= 0.6 is 0 Å². The molecule has 1 N–H and O–H groups in total. The number of unbranched alkanes of at least 4 members (excludes halogenated alkanes) is 8. The number of carboxylic acid groups (broad SMARTS) is 1. The van der Waals surface area contributed by atoms with Gasteiger partial charge in [0, 0.05) is 0 Å². The van der Waals surface area contributed by atoms with E-state index in [2.05, 4.69) is 13.8 Å². The summed E-state index contributed by atoms with van der Waals surface area (Å²) in [6, 6.07) is 0. The average molecular weight is 377 g/mol. The molecule has 0 bridgehead atoms. The van der Waals surface area contributed by atoms with E-state index in [4.69, 9.17) is 9.84 Å². The molecule has 0 aliphatic rings. The molecule has 0 saturated carbocycles. The molecule has 0 aromatic carbocycles.